The zero-order valence-corrected chi connectivity index (χ0v) is 12.5. The maximum atomic E-state index is 11.6. The van der Waals surface area contributed by atoms with Crippen LogP contribution in [0.5, 0.6) is 0 Å². The molecule has 1 saturated carbocycles. The first-order chi connectivity index (χ1) is 8.84. The molecule has 1 rings (SSSR count). The van der Waals surface area contributed by atoms with Crippen molar-refractivity contribution in [1.82, 2.24) is 0 Å². The van der Waals surface area contributed by atoms with Crippen LogP contribution in [0.15, 0.2) is 0 Å². The Morgan fingerprint density at radius 1 is 1.26 bits per heavy atom. The summed E-state index contributed by atoms with van der Waals surface area (Å²) in [7, 11) is 1.32. The Hall–Kier alpha value is -1.06. The van der Waals surface area contributed by atoms with Gasteiger partial charge in [-0.25, -0.2) is 0 Å². The van der Waals surface area contributed by atoms with Crippen LogP contribution in [0, 0.1) is 11.3 Å². The Bertz CT molecular complexity index is 322. The fourth-order valence-electron chi connectivity index (χ4n) is 2.83. The van der Waals surface area contributed by atoms with Gasteiger partial charge in [0.25, 0.3) is 0 Å². The van der Waals surface area contributed by atoms with Crippen LogP contribution >= 0.6 is 0 Å². The maximum absolute atomic E-state index is 11.6. The average Bonchev–Trinajstić information content (AvgIpc) is 2.34. The second-order valence-electron chi connectivity index (χ2n) is 6.29. The summed E-state index contributed by atoms with van der Waals surface area (Å²) >= 11 is 0. The lowest BCUT2D eigenvalue weighted by Gasteiger charge is -2.37. The van der Waals surface area contributed by atoms with E-state index in [1.54, 1.807) is 0 Å². The van der Waals surface area contributed by atoms with Gasteiger partial charge in [-0.3, -0.25) is 9.59 Å². The van der Waals surface area contributed by atoms with Gasteiger partial charge in [0.2, 0.25) is 0 Å². The molecule has 0 spiro atoms. The third kappa shape index (κ3) is 5.62. The number of methoxy groups -OCH3 is 1. The van der Waals surface area contributed by atoms with Crippen molar-refractivity contribution >= 4 is 11.9 Å². The highest BCUT2D eigenvalue weighted by atomic mass is 16.5. The molecule has 0 aromatic heterocycles. The van der Waals surface area contributed by atoms with Crippen LogP contribution in [0.4, 0.5) is 0 Å². The molecule has 0 radical (unpaired) electrons. The monoisotopic (exact) mass is 270 g/mol. The zero-order chi connectivity index (χ0) is 14.5. The molecule has 2 unspecified atom stereocenters. The van der Waals surface area contributed by atoms with Gasteiger partial charge in [-0.05, 0) is 37.5 Å². The molecule has 0 saturated heterocycles. The molecule has 0 aromatic carbocycles. The fourth-order valence-corrected chi connectivity index (χ4v) is 2.83. The molecule has 2 atom stereocenters. The minimum atomic E-state index is -0.372. The van der Waals surface area contributed by atoms with Crippen LogP contribution in [0.3, 0.4) is 0 Å². The average molecular weight is 270 g/mol. The lowest BCUT2D eigenvalue weighted by atomic mass is 9.71. The molecule has 1 aliphatic rings. The van der Waals surface area contributed by atoms with E-state index in [-0.39, 0.29) is 30.9 Å². The second kappa shape index (κ2) is 6.92. The molecule has 110 valence electrons. The third-order valence-electron chi connectivity index (χ3n) is 3.99. The molecule has 0 aromatic rings. The van der Waals surface area contributed by atoms with E-state index in [9.17, 15) is 9.59 Å². The van der Waals surface area contributed by atoms with Gasteiger partial charge in [0.15, 0.2) is 0 Å². The summed E-state index contributed by atoms with van der Waals surface area (Å²) in [6.07, 6.45) is 4.79. The zero-order valence-electron chi connectivity index (χ0n) is 12.5. The highest BCUT2D eigenvalue weighted by Crippen LogP contribution is 2.40. The highest BCUT2D eigenvalue weighted by Gasteiger charge is 2.32. The van der Waals surface area contributed by atoms with E-state index in [2.05, 4.69) is 18.6 Å². The van der Waals surface area contributed by atoms with Crippen molar-refractivity contribution in [2.45, 2.75) is 65.4 Å². The van der Waals surface area contributed by atoms with Crippen molar-refractivity contribution in [3.63, 3.8) is 0 Å². The standard InChI is InChI=1S/C15H26O4/c1-11(12-6-5-9-15(2,3)10-12)19-14(17)8-7-13(16)18-4/h11-12H,5-10H2,1-4H3. The molecule has 0 N–H and O–H groups in total. The Kier molecular flexibility index (Phi) is 5.83. The molecule has 0 bridgehead atoms. The first-order valence-corrected chi connectivity index (χ1v) is 7.10. The molecule has 4 nitrogen and oxygen atoms in total. The lowest BCUT2D eigenvalue weighted by Crippen LogP contribution is -2.32. The van der Waals surface area contributed by atoms with Crippen molar-refractivity contribution in [3.05, 3.63) is 0 Å². The normalized spacial score (nSPS) is 23.5. The van der Waals surface area contributed by atoms with Crippen molar-refractivity contribution < 1.29 is 19.1 Å². The molecule has 1 aliphatic carbocycles. The Morgan fingerprint density at radius 2 is 1.89 bits per heavy atom. The summed E-state index contributed by atoms with van der Waals surface area (Å²) in [5.41, 5.74) is 0.343. The Labute approximate surface area is 115 Å². The summed E-state index contributed by atoms with van der Waals surface area (Å²) in [5, 5.41) is 0. The number of carbonyl (C=O) groups excluding carboxylic acids is 2. The van der Waals surface area contributed by atoms with Crippen LogP contribution in [0.2, 0.25) is 0 Å². The van der Waals surface area contributed by atoms with Gasteiger partial charge in [-0.1, -0.05) is 20.3 Å². The van der Waals surface area contributed by atoms with E-state index in [1.165, 1.54) is 20.0 Å². The number of ether oxygens (including phenoxy) is 2. The van der Waals surface area contributed by atoms with E-state index in [1.807, 2.05) is 6.92 Å². The second-order valence-corrected chi connectivity index (χ2v) is 6.29. The van der Waals surface area contributed by atoms with Crippen molar-refractivity contribution in [1.29, 1.82) is 0 Å². The quantitative estimate of drug-likeness (QED) is 0.720. The summed E-state index contributed by atoms with van der Waals surface area (Å²) in [4.78, 5) is 22.6. The topological polar surface area (TPSA) is 52.6 Å². The number of hydrogen-bond donors (Lipinski definition) is 0. The Balaban J connectivity index is 2.35. The molecular weight excluding hydrogens is 244 g/mol. The summed E-state index contributed by atoms with van der Waals surface area (Å²) in [6, 6.07) is 0. The van der Waals surface area contributed by atoms with Crippen molar-refractivity contribution in [2.24, 2.45) is 11.3 Å². The third-order valence-corrected chi connectivity index (χ3v) is 3.99. The summed E-state index contributed by atoms with van der Waals surface area (Å²) in [5.74, 6) is -0.240. The molecule has 1 fully saturated rings. The molecule has 0 aliphatic heterocycles. The van der Waals surface area contributed by atoms with E-state index in [0.717, 1.165) is 12.8 Å². The predicted octanol–water partition coefficient (Wildman–Crippen LogP) is 3.09. The van der Waals surface area contributed by atoms with Gasteiger partial charge >= 0.3 is 11.9 Å². The van der Waals surface area contributed by atoms with Gasteiger partial charge in [-0.15, -0.1) is 0 Å². The molecule has 19 heavy (non-hydrogen) atoms. The molecule has 0 amide bonds. The van der Waals surface area contributed by atoms with Crippen molar-refractivity contribution in [2.75, 3.05) is 7.11 Å². The number of carbonyl (C=O) groups is 2. The Morgan fingerprint density at radius 3 is 2.47 bits per heavy atom. The van der Waals surface area contributed by atoms with Crippen molar-refractivity contribution in [3.8, 4) is 0 Å². The predicted molar refractivity (Wildman–Crippen MR) is 72.5 cm³/mol. The molecule has 4 heteroatoms. The smallest absolute Gasteiger partial charge is 0.306 e. The lowest BCUT2D eigenvalue weighted by molar-refractivity contribution is -0.155. The van der Waals surface area contributed by atoms with E-state index < -0.39 is 0 Å². The van der Waals surface area contributed by atoms with Crippen LogP contribution in [0.25, 0.3) is 0 Å². The number of hydrogen-bond acceptors (Lipinski definition) is 4. The first kappa shape index (κ1) is 16.0. The van der Waals surface area contributed by atoms with Gasteiger partial charge < -0.3 is 9.47 Å². The SMILES string of the molecule is COC(=O)CCC(=O)OC(C)C1CCCC(C)(C)C1. The maximum Gasteiger partial charge on any atom is 0.306 e. The number of rotatable bonds is 5. The van der Waals surface area contributed by atoms with Gasteiger partial charge in [0.1, 0.15) is 6.10 Å². The van der Waals surface area contributed by atoms with Crippen LogP contribution in [0.1, 0.15) is 59.3 Å². The summed E-state index contributed by atoms with van der Waals surface area (Å²) < 4.78 is 9.93. The first-order valence-electron chi connectivity index (χ1n) is 7.10. The molecule has 0 heterocycles. The number of esters is 2. The summed E-state index contributed by atoms with van der Waals surface area (Å²) in [6.45, 7) is 6.50. The van der Waals surface area contributed by atoms with Crippen LogP contribution in [-0.2, 0) is 19.1 Å². The fraction of sp³-hybridized carbons (Fsp3) is 0.867. The van der Waals surface area contributed by atoms with E-state index in [0.29, 0.717) is 11.3 Å². The van der Waals surface area contributed by atoms with Gasteiger partial charge in [-0.2, -0.15) is 0 Å². The van der Waals surface area contributed by atoms with E-state index in [4.69, 9.17) is 4.74 Å². The molecular formula is C15H26O4. The van der Waals surface area contributed by atoms with Crippen LogP contribution in [-0.4, -0.2) is 25.2 Å². The van der Waals surface area contributed by atoms with Gasteiger partial charge in [0, 0.05) is 0 Å². The highest BCUT2D eigenvalue weighted by molar-refractivity contribution is 5.77. The minimum absolute atomic E-state index is 0.0651. The van der Waals surface area contributed by atoms with Crippen LogP contribution < -0.4 is 0 Å². The minimum Gasteiger partial charge on any atom is -0.469 e. The van der Waals surface area contributed by atoms with Gasteiger partial charge in [0.05, 0.1) is 20.0 Å². The van der Waals surface area contributed by atoms with E-state index >= 15 is 0 Å². The largest absolute Gasteiger partial charge is 0.469 e.